The summed E-state index contributed by atoms with van der Waals surface area (Å²) in [5.74, 6) is 1.07. The van der Waals surface area contributed by atoms with E-state index in [0.29, 0.717) is 11.4 Å². The van der Waals surface area contributed by atoms with Crippen LogP contribution in [0.1, 0.15) is 26.2 Å². The van der Waals surface area contributed by atoms with Crippen LogP contribution in [0, 0.1) is 0 Å². The van der Waals surface area contributed by atoms with Gasteiger partial charge < -0.3 is 9.64 Å². The second-order valence-electron chi connectivity index (χ2n) is 7.10. The maximum Gasteiger partial charge on any atom is 0.222 e. The van der Waals surface area contributed by atoms with Crippen LogP contribution in [-0.2, 0) is 4.79 Å². The van der Waals surface area contributed by atoms with Crippen molar-refractivity contribution in [3.05, 3.63) is 59.8 Å². The molecule has 0 radical (unpaired) electrons. The molecule has 28 heavy (non-hydrogen) atoms. The average Bonchev–Trinajstić information content (AvgIpc) is 2.74. The number of likely N-dealkylation sites (tertiary alicyclic amines) is 1. The van der Waals surface area contributed by atoms with E-state index in [1.54, 1.807) is 6.20 Å². The number of ether oxygens (including phenoxy) is 1. The van der Waals surface area contributed by atoms with Gasteiger partial charge in [-0.2, -0.15) is 0 Å². The summed E-state index contributed by atoms with van der Waals surface area (Å²) in [6.07, 6.45) is 4.25. The Labute approximate surface area is 170 Å². The van der Waals surface area contributed by atoms with E-state index in [4.69, 9.17) is 16.3 Å². The first-order valence-electron chi connectivity index (χ1n) is 9.73. The standard InChI is InChI=1S/C23H23ClN2O2/c1-2-23(27)26-12-9-19(10-13-26)28-18-7-5-16(6-8-18)20-15-22-17(14-21(20)24)4-3-11-25-22/h3-8,11,14-15,19H,2,9-10,12-13H2,1H3. The number of carbonyl (C=O) groups is 1. The highest BCUT2D eigenvalue weighted by Gasteiger charge is 2.23. The number of hydrogen-bond acceptors (Lipinski definition) is 3. The summed E-state index contributed by atoms with van der Waals surface area (Å²) in [6, 6.07) is 15.9. The van der Waals surface area contributed by atoms with E-state index >= 15 is 0 Å². The SMILES string of the molecule is CCC(=O)N1CCC(Oc2ccc(-c3cc4ncccc4cc3Cl)cc2)CC1. The normalized spacial score (nSPS) is 15.0. The Hall–Kier alpha value is -2.59. The molecule has 1 amide bonds. The Balaban J connectivity index is 1.45. The Kier molecular flexibility index (Phi) is 5.49. The van der Waals surface area contributed by atoms with E-state index in [2.05, 4.69) is 4.98 Å². The molecule has 0 bridgehead atoms. The molecule has 0 unspecified atom stereocenters. The van der Waals surface area contributed by atoms with Crippen molar-refractivity contribution in [1.82, 2.24) is 9.88 Å². The van der Waals surface area contributed by atoms with Gasteiger partial charge in [-0.3, -0.25) is 9.78 Å². The van der Waals surface area contributed by atoms with Crippen molar-refractivity contribution in [3.63, 3.8) is 0 Å². The third-order valence-electron chi connectivity index (χ3n) is 5.26. The second kappa shape index (κ2) is 8.19. The van der Waals surface area contributed by atoms with Gasteiger partial charge in [0.05, 0.1) is 5.52 Å². The highest BCUT2D eigenvalue weighted by Crippen LogP contribution is 2.32. The zero-order chi connectivity index (χ0) is 19.5. The number of fused-ring (bicyclic) bond motifs is 1. The first-order chi connectivity index (χ1) is 13.6. The summed E-state index contributed by atoms with van der Waals surface area (Å²) >= 11 is 6.49. The second-order valence-corrected chi connectivity index (χ2v) is 7.51. The molecular weight excluding hydrogens is 372 g/mol. The van der Waals surface area contributed by atoms with Gasteiger partial charge in [-0.1, -0.05) is 36.7 Å². The Morgan fingerprint density at radius 1 is 1.18 bits per heavy atom. The highest BCUT2D eigenvalue weighted by atomic mass is 35.5. The third kappa shape index (κ3) is 3.97. The minimum atomic E-state index is 0.153. The van der Waals surface area contributed by atoms with E-state index < -0.39 is 0 Å². The number of hydrogen-bond donors (Lipinski definition) is 0. The first kappa shape index (κ1) is 18.8. The summed E-state index contributed by atoms with van der Waals surface area (Å²) in [5, 5.41) is 1.74. The molecule has 2 aromatic carbocycles. The number of rotatable bonds is 4. The lowest BCUT2D eigenvalue weighted by Crippen LogP contribution is -2.41. The molecule has 4 nitrogen and oxygen atoms in total. The fourth-order valence-electron chi connectivity index (χ4n) is 3.67. The topological polar surface area (TPSA) is 42.4 Å². The van der Waals surface area contributed by atoms with Crippen molar-refractivity contribution in [2.45, 2.75) is 32.3 Å². The van der Waals surface area contributed by atoms with Gasteiger partial charge in [-0.15, -0.1) is 0 Å². The van der Waals surface area contributed by atoms with Crippen molar-refractivity contribution < 1.29 is 9.53 Å². The number of nitrogens with zero attached hydrogens (tertiary/aromatic N) is 2. The molecule has 0 saturated carbocycles. The fraction of sp³-hybridized carbons (Fsp3) is 0.304. The summed E-state index contributed by atoms with van der Waals surface area (Å²) < 4.78 is 6.13. The quantitative estimate of drug-likeness (QED) is 0.600. The maximum absolute atomic E-state index is 11.8. The van der Waals surface area contributed by atoms with Crippen molar-refractivity contribution in [1.29, 1.82) is 0 Å². The van der Waals surface area contributed by atoms with Crippen LogP contribution >= 0.6 is 11.6 Å². The molecule has 144 valence electrons. The maximum atomic E-state index is 11.8. The summed E-state index contributed by atoms with van der Waals surface area (Å²) in [7, 11) is 0. The monoisotopic (exact) mass is 394 g/mol. The highest BCUT2D eigenvalue weighted by molar-refractivity contribution is 6.34. The van der Waals surface area contributed by atoms with Crippen LogP contribution in [0.25, 0.3) is 22.0 Å². The van der Waals surface area contributed by atoms with E-state index in [1.165, 1.54) is 0 Å². The number of piperidine rings is 1. The third-order valence-corrected chi connectivity index (χ3v) is 5.57. The predicted molar refractivity (Wildman–Crippen MR) is 113 cm³/mol. The number of halogens is 1. The van der Waals surface area contributed by atoms with Crippen molar-refractivity contribution in [2.75, 3.05) is 13.1 Å². The van der Waals surface area contributed by atoms with E-state index in [1.807, 2.05) is 60.4 Å². The van der Waals surface area contributed by atoms with E-state index in [-0.39, 0.29) is 12.0 Å². The minimum Gasteiger partial charge on any atom is -0.490 e. The van der Waals surface area contributed by atoms with E-state index in [9.17, 15) is 4.79 Å². The Bertz CT molecular complexity index is 980. The first-order valence-corrected chi connectivity index (χ1v) is 10.1. The number of benzene rings is 2. The smallest absolute Gasteiger partial charge is 0.222 e. The van der Waals surface area contributed by atoms with Gasteiger partial charge in [0.2, 0.25) is 5.91 Å². The van der Waals surface area contributed by atoms with Gasteiger partial charge in [-0.25, -0.2) is 0 Å². The van der Waals surface area contributed by atoms with Crippen LogP contribution in [0.3, 0.4) is 0 Å². The summed E-state index contributed by atoms with van der Waals surface area (Å²) in [5.41, 5.74) is 2.93. The van der Waals surface area contributed by atoms with Crippen LogP contribution in [0.5, 0.6) is 5.75 Å². The van der Waals surface area contributed by atoms with Gasteiger partial charge in [-0.05, 0) is 35.9 Å². The van der Waals surface area contributed by atoms with Crippen LogP contribution in [0.2, 0.25) is 5.02 Å². The molecule has 0 N–H and O–H groups in total. The lowest BCUT2D eigenvalue weighted by Gasteiger charge is -2.32. The average molecular weight is 395 g/mol. The lowest BCUT2D eigenvalue weighted by molar-refractivity contribution is -0.132. The summed E-state index contributed by atoms with van der Waals surface area (Å²) in [6.45, 7) is 3.45. The number of pyridine rings is 1. The van der Waals surface area contributed by atoms with Gasteiger partial charge >= 0.3 is 0 Å². The summed E-state index contributed by atoms with van der Waals surface area (Å²) in [4.78, 5) is 18.1. The Morgan fingerprint density at radius 3 is 2.64 bits per heavy atom. The molecule has 1 fully saturated rings. The van der Waals surface area contributed by atoms with Crippen molar-refractivity contribution >= 4 is 28.4 Å². The van der Waals surface area contributed by atoms with Gasteiger partial charge in [0.15, 0.2) is 0 Å². The molecule has 4 rings (SSSR count). The molecular formula is C23H23ClN2O2. The molecule has 0 spiro atoms. The predicted octanol–water partition coefficient (Wildman–Crippen LogP) is 5.34. The van der Waals surface area contributed by atoms with Crippen LogP contribution in [0.4, 0.5) is 0 Å². The Morgan fingerprint density at radius 2 is 1.93 bits per heavy atom. The fourth-order valence-corrected chi connectivity index (χ4v) is 3.95. The molecule has 1 aromatic heterocycles. The van der Waals surface area contributed by atoms with Gasteiger partial charge in [0, 0.05) is 54.5 Å². The molecule has 0 atom stereocenters. The largest absolute Gasteiger partial charge is 0.490 e. The molecule has 1 aliphatic rings. The number of amides is 1. The molecule has 3 aromatic rings. The van der Waals surface area contributed by atoms with Crippen LogP contribution in [-0.4, -0.2) is 35.0 Å². The minimum absolute atomic E-state index is 0.153. The van der Waals surface area contributed by atoms with Crippen LogP contribution < -0.4 is 4.74 Å². The molecule has 1 saturated heterocycles. The lowest BCUT2D eigenvalue weighted by atomic mass is 10.0. The molecule has 2 heterocycles. The molecule has 5 heteroatoms. The number of carbonyl (C=O) groups excluding carboxylic acids is 1. The van der Waals surface area contributed by atoms with Crippen molar-refractivity contribution in [2.24, 2.45) is 0 Å². The van der Waals surface area contributed by atoms with Crippen LogP contribution in [0.15, 0.2) is 54.7 Å². The zero-order valence-corrected chi connectivity index (χ0v) is 16.7. The molecule has 1 aliphatic heterocycles. The van der Waals surface area contributed by atoms with Gasteiger partial charge in [0.1, 0.15) is 11.9 Å². The van der Waals surface area contributed by atoms with E-state index in [0.717, 1.165) is 53.7 Å². The van der Waals surface area contributed by atoms with Gasteiger partial charge in [0.25, 0.3) is 0 Å². The van der Waals surface area contributed by atoms with Crippen molar-refractivity contribution in [3.8, 4) is 16.9 Å². The zero-order valence-electron chi connectivity index (χ0n) is 15.9. The number of aromatic nitrogens is 1. The molecule has 0 aliphatic carbocycles.